The molecule has 3 rings (SSSR count). The highest BCUT2D eigenvalue weighted by molar-refractivity contribution is 5.96. The summed E-state index contributed by atoms with van der Waals surface area (Å²) in [5.41, 5.74) is 9.84. The maximum atomic E-state index is 12.1. The summed E-state index contributed by atoms with van der Waals surface area (Å²) in [5, 5.41) is 2.89. The molecule has 1 amide bonds. The second-order valence-electron chi connectivity index (χ2n) is 4.83. The number of hydrogen-bond acceptors (Lipinski definition) is 3. The molecule has 0 saturated carbocycles. The third-order valence-corrected chi connectivity index (χ3v) is 3.31. The zero-order chi connectivity index (χ0) is 14.7. The average Bonchev–Trinajstić information content (AvgIpc) is 2.97. The van der Waals surface area contributed by atoms with Gasteiger partial charge in [0.15, 0.2) is 0 Å². The highest BCUT2D eigenvalue weighted by atomic mass is 16.1. The van der Waals surface area contributed by atoms with Crippen molar-refractivity contribution in [2.24, 2.45) is 5.73 Å². The van der Waals surface area contributed by atoms with Crippen molar-refractivity contribution >= 4 is 16.9 Å². The van der Waals surface area contributed by atoms with Gasteiger partial charge in [-0.05, 0) is 29.3 Å². The number of pyridine rings is 1. The molecule has 0 spiro atoms. The van der Waals surface area contributed by atoms with E-state index < -0.39 is 0 Å². The fraction of sp³-hybridized carbons (Fsp3) is 0.125. The first-order valence-corrected chi connectivity index (χ1v) is 6.76. The van der Waals surface area contributed by atoms with Crippen LogP contribution in [0.15, 0.2) is 48.7 Å². The van der Waals surface area contributed by atoms with E-state index in [2.05, 4.69) is 15.3 Å². The third-order valence-electron chi connectivity index (χ3n) is 3.31. The van der Waals surface area contributed by atoms with Gasteiger partial charge >= 0.3 is 0 Å². The van der Waals surface area contributed by atoms with Gasteiger partial charge in [0.2, 0.25) is 0 Å². The molecule has 106 valence electrons. The van der Waals surface area contributed by atoms with Crippen molar-refractivity contribution in [2.75, 3.05) is 0 Å². The fourth-order valence-corrected chi connectivity index (χ4v) is 2.22. The molecule has 2 heterocycles. The topological polar surface area (TPSA) is 83.8 Å². The number of fused-ring (bicyclic) bond motifs is 1. The smallest absolute Gasteiger partial charge is 0.268 e. The first kappa shape index (κ1) is 13.3. The molecule has 0 aliphatic heterocycles. The van der Waals surface area contributed by atoms with Crippen LogP contribution in [0, 0.1) is 0 Å². The molecule has 2 aromatic heterocycles. The predicted molar refractivity (Wildman–Crippen MR) is 81.6 cm³/mol. The van der Waals surface area contributed by atoms with Gasteiger partial charge in [-0.3, -0.25) is 9.78 Å². The number of hydrogen-bond donors (Lipinski definition) is 3. The van der Waals surface area contributed by atoms with Gasteiger partial charge < -0.3 is 16.0 Å². The highest BCUT2D eigenvalue weighted by Gasteiger charge is 2.09. The molecule has 1 aromatic carbocycles. The minimum atomic E-state index is -0.147. The van der Waals surface area contributed by atoms with Gasteiger partial charge in [0.05, 0.1) is 11.0 Å². The lowest BCUT2D eigenvalue weighted by molar-refractivity contribution is 0.0946. The lowest BCUT2D eigenvalue weighted by Crippen LogP contribution is -2.23. The van der Waals surface area contributed by atoms with Gasteiger partial charge in [-0.15, -0.1) is 0 Å². The molecule has 0 unspecified atom stereocenters. The summed E-state index contributed by atoms with van der Waals surface area (Å²) in [6.07, 6.45) is 1.70. The molecule has 0 aliphatic carbocycles. The summed E-state index contributed by atoms with van der Waals surface area (Å²) in [6.45, 7) is 0.963. The molecule has 0 aliphatic rings. The zero-order valence-electron chi connectivity index (χ0n) is 11.5. The van der Waals surface area contributed by atoms with Crippen LogP contribution in [0.3, 0.4) is 0 Å². The quantitative estimate of drug-likeness (QED) is 0.683. The summed E-state index contributed by atoms with van der Waals surface area (Å²) in [4.78, 5) is 19.4. The van der Waals surface area contributed by atoms with Gasteiger partial charge in [0, 0.05) is 19.3 Å². The van der Waals surface area contributed by atoms with Crippen LogP contribution in [0.5, 0.6) is 0 Å². The van der Waals surface area contributed by atoms with E-state index >= 15 is 0 Å². The Kier molecular flexibility index (Phi) is 3.66. The van der Waals surface area contributed by atoms with E-state index in [9.17, 15) is 4.79 Å². The molecule has 21 heavy (non-hydrogen) atoms. The molecule has 0 saturated heterocycles. The summed E-state index contributed by atoms with van der Waals surface area (Å²) in [6, 6.07) is 13.3. The molecule has 0 radical (unpaired) electrons. The summed E-state index contributed by atoms with van der Waals surface area (Å²) in [7, 11) is 0. The molecule has 3 aromatic rings. The van der Waals surface area contributed by atoms with Gasteiger partial charge in [-0.25, -0.2) is 0 Å². The Bertz CT molecular complexity index is 746. The molecule has 5 heteroatoms. The molecule has 0 bridgehead atoms. The van der Waals surface area contributed by atoms with Crippen LogP contribution in [0.25, 0.3) is 11.0 Å². The van der Waals surface area contributed by atoms with Crippen LogP contribution < -0.4 is 11.1 Å². The van der Waals surface area contributed by atoms with Gasteiger partial charge in [0.25, 0.3) is 5.91 Å². The number of amides is 1. The molecular weight excluding hydrogens is 264 g/mol. The van der Waals surface area contributed by atoms with Crippen molar-refractivity contribution in [2.45, 2.75) is 13.1 Å². The van der Waals surface area contributed by atoms with E-state index in [1.165, 1.54) is 0 Å². The number of benzene rings is 1. The molecule has 5 nitrogen and oxygen atoms in total. The van der Waals surface area contributed by atoms with Crippen LogP contribution in [-0.4, -0.2) is 15.9 Å². The number of nitrogens with zero attached hydrogens (tertiary/aromatic N) is 1. The standard InChI is InChI=1S/C16H16N4O/c17-9-11-3-1-4-12(7-11)10-19-16(21)15-8-14-13(20-15)5-2-6-18-14/h1-8,20H,9-10,17H2,(H,19,21). The maximum absolute atomic E-state index is 12.1. The van der Waals surface area contributed by atoms with Crippen LogP contribution in [0.1, 0.15) is 21.6 Å². The van der Waals surface area contributed by atoms with Crippen molar-refractivity contribution in [3.8, 4) is 0 Å². The van der Waals surface area contributed by atoms with E-state index in [-0.39, 0.29) is 5.91 Å². The monoisotopic (exact) mass is 280 g/mol. The van der Waals surface area contributed by atoms with Crippen molar-refractivity contribution < 1.29 is 4.79 Å². The van der Waals surface area contributed by atoms with Crippen molar-refractivity contribution in [1.82, 2.24) is 15.3 Å². The summed E-state index contributed by atoms with van der Waals surface area (Å²) < 4.78 is 0. The van der Waals surface area contributed by atoms with Crippen molar-refractivity contribution in [3.63, 3.8) is 0 Å². The molecule has 0 atom stereocenters. The van der Waals surface area contributed by atoms with E-state index in [0.717, 1.165) is 22.2 Å². The van der Waals surface area contributed by atoms with E-state index in [1.54, 1.807) is 12.3 Å². The average molecular weight is 280 g/mol. The Morgan fingerprint density at radius 3 is 2.86 bits per heavy atom. The fourth-order valence-electron chi connectivity index (χ4n) is 2.22. The number of aromatic amines is 1. The van der Waals surface area contributed by atoms with Gasteiger partial charge in [-0.2, -0.15) is 0 Å². The number of carbonyl (C=O) groups is 1. The first-order valence-electron chi connectivity index (χ1n) is 6.76. The van der Waals surface area contributed by atoms with E-state index in [4.69, 9.17) is 5.73 Å². The molecular formula is C16H16N4O. The van der Waals surface area contributed by atoms with Crippen LogP contribution >= 0.6 is 0 Å². The van der Waals surface area contributed by atoms with Crippen LogP contribution in [-0.2, 0) is 13.1 Å². The Hall–Kier alpha value is -2.66. The molecule has 4 N–H and O–H groups in total. The lowest BCUT2D eigenvalue weighted by atomic mass is 10.1. The third kappa shape index (κ3) is 2.93. The molecule has 0 fully saturated rings. The van der Waals surface area contributed by atoms with Gasteiger partial charge in [0.1, 0.15) is 5.69 Å². The number of H-pyrrole nitrogens is 1. The minimum absolute atomic E-state index is 0.147. The summed E-state index contributed by atoms with van der Waals surface area (Å²) >= 11 is 0. The van der Waals surface area contributed by atoms with E-state index in [0.29, 0.717) is 18.8 Å². The van der Waals surface area contributed by atoms with Crippen molar-refractivity contribution in [1.29, 1.82) is 0 Å². The Labute approximate surface area is 122 Å². The predicted octanol–water partition coefficient (Wildman–Crippen LogP) is 1.95. The second-order valence-corrected chi connectivity index (χ2v) is 4.83. The Morgan fingerprint density at radius 1 is 1.19 bits per heavy atom. The van der Waals surface area contributed by atoms with Crippen LogP contribution in [0.2, 0.25) is 0 Å². The maximum Gasteiger partial charge on any atom is 0.268 e. The van der Waals surface area contributed by atoms with Crippen molar-refractivity contribution in [3.05, 3.63) is 65.5 Å². The number of nitrogens with two attached hydrogens (primary N) is 1. The lowest BCUT2D eigenvalue weighted by Gasteiger charge is -2.05. The number of carbonyl (C=O) groups excluding carboxylic acids is 1. The SMILES string of the molecule is NCc1cccc(CNC(=O)c2cc3ncccc3[nH]2)c1. The number of aromatic nitrogens is 2. The van der Waals surface area contributed by atoms with Gasteiger partial charge in [-0.1, -0.05) is 24.3 Å². The Balaban J connectivity index is 1.71. The zero-order valence-corrected chi connectivity index (χ0v) is 11.5. The van der Waals surface area contributed by atoms with E-state index in [1.807, 2.05) is 36.4 Å². The Morgan fingerprint density at radius 2 is 2.05 bits per heavy atom. The largest absolute Gasteiger partial charge is 0.349 e. The normalized spacial score (nSPS) is 10.7. The number of rotatable bonds is 4. The summed E-state index contributed by atoms with van der Waals surface area (Å²) in [5.74, 6) is -0.147. The first-order chi connectivity index (χ1) is 10.3. The van der Waals surface area contributed by atoms with Crippen LogP contribution in [0.4, 0.5) is 0 Å². The minimum Gasteiger partial charge on any atom is -0.349 e. The number of nitrogens with one attached hydrogen (secondary N) is 2. The highest BCUT2D eigenvalue weighted by Crippen LogP contribution is 2.12. The second kappa shape index (κ2) is 5.76.